The standard InChI is InChI=1S/C30H38ClF3/c1-2-3-4-20-5-7-21(8-6-20)9-10-22-11-13-23(14-12-22)25-18-28(33)30(29(34)19-25)24-15-16-26(31)27(32)17-24/h15-23H,2-14H2,1H3/t20-,21-,22?,23?. The molecule has 0 saturated heterocycles. The SMILES string of the molecule is CCCC[C@H]1CC[C@H](CCC2CCC(c3cc(F)c(-c4ccc(Cl)c(F)c4)c(F)c3)CC2)CC1. The highest BCUT2D eigenvalue weighted by Gasteiger charge is 2.26. The van der Waals surface area contributed by atoms with E-state index in [-0.39, 0.29) is 22.1 Å². The average molecular weight is 491 g/mol. The molecule has 186 valence electrons. The Labute approximate surface area is 208 Å². The maximum atomic E-state index is 14.9. The van der Waals surface area contributed by atoms with E-state index in [0.717, 1.165) is 55.1 Å². The molecule has 2 saturated carbocycles. The molecule has 0 nitrogen and oxygen atoms in total. The van der Waals surface area contributed by atoms with Crippen LogP contribution in [0.4, 0.5) is 13.2 Å². The molecular weight excluding hydrogens is 453 g/mol. The maximum Gasteiger partial charge on any atom is 0.142 e. The second-order valence-corrected chi connectivity index (χ2v) is 11.2. The van der Waals surface area contributed by atoms with E-state index >= 15 is 0 Å². The first kappa shape index (κ1) is 25.6. The van der Waals surface area contributed by atoms with Crippen molar-refractivity contribution in [1.82, 2.24) is 0 Å². The van der Waals surface area contributed by atoms with Gasteiger partial charge in [0.05, 0.1) is 10.6 Å². The Balaban J connectivity index is 1.27. The molecule has 0 radical (unpaired) electrons. The van der Waals surface area contributed by atoms with E-state index in [1.165, 1.54) is 82.1 Å². The summed E-state index contributed by atoms with van der Waals surface area (Å²) in [5, 5.41) is -0.0578. The van der Waals surface area contributed by atoms with Crippen LogP contribution in [-0.2, 0) is 0 Å². The van der Waals surface area contributed by atoms with Crippen LogP contribution >= 0.6 is 11.6 Å². The van der Waals surface area contributed by atoms with Gasteiger partial charge in [0.1, 0.15) is 17.5 Å². The van der Waals surface area contributed by atoms with Gasteiger partial charge in [-0.25, -0.2) is 13.2 Å². The zero-order chi connectivity index (χ0) is 24.1. The number of unbranched alkanes of at least 4 members (excludes halogenated alkanes) is 1. The van der Waals surface area contributed by atoms with Crippen LogP contribution in [0.3, 0.4) is 0 Å². The number of halogens is 4. The van der Waals surface area contributed by atoms with E-state index in [1.54, 1.807) is 0 Å². The maximum absolute atomic E-state index is 14.9. The monoisotopic (exact) mass is 490 g/mol. The van der Waals surface area contributed by atoms with Gasteiger partial charge in [-0.05, 0) is 84.7 Å². The van der Waals surface area contributed by atoms with E-state index in [0.29, 0.717) is 0 Å². The molecule has 0 N–H and O–H groups in total. The van der Waals surface area contributed by atoms with Crippen molar-refractivity contribution >= 4 is 11.6 Å². The highest BCUT2D eigenvalue weighted by molar-refractivity contribution is 6.30. The fraction of sp³-hybridized carbons (Fsp3) is 0.600. The van der Waals surface area contributed by atoms with Crippen LogP contribution in [0.2, 0.25) is 5.02 Å². The van der Waals surface area contributed by atoms with Crippen molar-refractivity contribution in [2.24, 2.45) is 17.8 Å². The molecule has 2 aromatic rings. The van der Waals surface area contributed by atoms with Gasteiger partial charge in [-0.15, -0.1) is 0 Å². The van der Waals surface area contributed by atoms with Crippen molar-refractivity contribution in [3.05, 3.63) is 58.4 Å². The highest BCUT2D eigenvalue weighted by Crippen LogP contribution is 2.41. The molecule has 2 aromatic carbocycles. The van der Waals surface area contributed by atoms with Crippen LogP contribution in [0.1, 0.15) is 102 Å². The van der Waals surface area contributed by atoms with Crippen LogP contribution in [0.15, 0.2) is 30.3 Å². The van der Waals surface area contributed by atoms with Gasteiger partial charge in [0.15, 0.2) is 0 Å². The molecule has 0 amide bonds. The van der Waals surface area contributed by atoms with Crippen molar-refractivity contribution in [2.45, 2.75) is 96.3 Å². The lowest BCUT2D eigenvalue weighted by molar-refractivity contribution is 0.222. The van der Waals surface area contributed by atoms with E-state index < -0.39 is 17.5 Å². The minimum atomic E-state index is -0.676. The van der Waals surface area contributed by atoms with Gasteiger partial charge in [0.25, 0.3) is 0 Å². The summed E-state index contributed by atoms with van der Waals surface area (Å²) < 4.78 is 43.6. The molecule has 2 aliphatic carbocycles. The summed E-state index contributed by atoms with van der Waals surface area (Å²) in [7, 11) is 0. The summed E-state index contributed by atoms with van der Waals surface area (Å²) >= 11 is 5.71. The molecule has 4 rings (SSSR count). The highest BCUT2D eigenvalue weighted by atomic mass is 35.5. The molecule has 34 heavy (non-hydrogen) atoms. The Hall–Kier alpha value is -1.48. The number of hydrogen-bond acceptors (Lipinski definition) is 0. The van der Waals surface area contributed by atoms with Gasteiger partial charge >= 0.3 is 0 Å². The topological polar surface area (TPSA) is 0 Å². The lowest BCUT2D eigenvalue weighted by Crippen LogP contribution is -2.18. The van der Waals surface area contributed by atoms with Gasteiger partial charge in [0, 0.05) is 0 Å². The number of hydrogen-bond donors (Lipinski definition) is 0. The van der Waals surface area contributed by atoms with E-state index in [2.05, 4.69) is 6.92 Å². The van der Waals surface area contributed by atoms with E-state index in [9.17, 15) is 13.2 Å². The quantitative estimate of drug-likeness (QED) is 0.345. The fourth-order valence-electron chi connectivity index (χ4n) is 6.31. The zero-order valence-electron chi connectivity index (χ0n) is 20.4. The molecular formula is C30H38ClF3. The molecule has 0 heterocycles. The van der Waals surface area contributed by atoms with Crippen molar-refractivity contribution in [2.75, 3.05) is 0 Å². The Morgan fingerprint density at radius 2 is 1.24 bits per heavy atom. The third-order valence-corrected chi connectivity index (χ3v) is 8.81. The number of rotatable bonds is 8. The molecule has 4 heteroatoms. The van der Waals surface area contributed by atoms with E-state index in [4.69, 9.17) is 11.6 Å². The van der Waals surface area contributed by atoms with Crippen molar-refractivity contribution < 1.29 is 13.2 Å². The normalized spacial score (nSPS) is 25.4. The molecule has 0 unspecified atom stereocenters. The third kappa shape index (κ3) is 6.39. The molecule has 0 aromatic heterocycles. The van der Waals surface area contributed by atoms with Crippen LogP contribution in [0.25, 0.3) is 11.1 Å². The lowest BCUT2D eigenvalue weighted by atomic mass is 9.74. The Morgan fingerprint density at radius 3 is 1.76 bits per heavy atom. The molecule has 0 atom stereocenters. The Kier molecular flexibility index (Phi) is 9.02. The van der Waals surface area contributed by atoms with Gasteiger partial charge in [-0.1, -0.05) is 82.4 Å². The number of benzene rings is 2. The third-order valence-electron chi connectivity index (χ3n) is 8.51. The molecule has 0 spiro atoms. The predicted octanol–water partition coefficient (Wildman–Crippen LogP) is 10.5. The minimum Gasteiger partial charge on any atom is -0.206 e. The Bertz CT molecular complexity index is 917. The molecule has 2 fully saturated rings. The largest absolute Gasteiger partial charge is 0.206 e. The smallest absolute Gasteiger partial charge is 0.142 e. The predicted molar refractivity (Wildman–Crippen MR) is 136 cm³/mol. The fourth-order valence-corrected chi connectivity index (χ4v) is 6.43. The van der Waals surface area contributed by atoms with Crippen LogP contribution < -0.4 is 0 Å². The minimum absolute atomic E-state index is 0.0578. The van der Waals surface area contributed by atoms with Gasteiger partial charge in [-0.2, -0.15) is 0 Å². The van der Waals surface area contributed by atoms with Crippen LogP contribution in [-0.4, -0.2) is 0 Å². The summed E-state index contributed by atoms with van der Waals surface area (Å²) in [6.07, 6.45) is 16.7. The van der Waals surface area contributed by atoms with Gasteiger partial charge in [0.2, 0.25) is 0 Å². The van der Waals surface area contributed by atoms with Crippen LogP contribution in [0, 0.1) is 35.2 Å². The second kappa shape index (κ2) is 12.0. The zero-order valence-corrected chi connectivity index (χ0v) is 21.2. The average Bonchev–Trinajstić information content (AvgIpc) is 2.84. The lowest BCUT2D eigenvalue weighted by Gasteiger charge is -2.32. The molecule has 0 aliphatic heterocycles. The summed E-state index contributed by atoms with van der Waals surface area (Å²) in [4.78, 5) is 0. The van der Waals surface area contributed by atoms with Crippen LogP contribution in [0.5, 0.6) is 0 Å². The van der Waals surface area contributed by atoms with Gasteiger partial charge < -0.3 is 0 Å². The van der Waals surface area contributed by atoms with Crippen molar-refractivity contribution in [3.8, 4) is 11.1 Å². The molecule has 2 aliphatic rings. The van der Waals surface area contributed by atoms with Gasteiger partial charge in [-0.3, -0.25) is 0 Å². The van der Waals surface area contributed by atoms with E-state index in [1.807, 2.05) is 0 Å². The summed E-state index contributed by atoms with van der Waals surface area (Å²) in [6, 6.07) is 6.78. The first-order chi connectivity index (χ1) is 16.4. The summed E-state index contributed by atoms with van der Waals surface area (Å²) in [6.45, 7) is 2.28. The van der Waals surface area contributed by atoms with Crippen molar-refractivity contribution in [3.63, 3.8) is 0 Å². The first-order valence-electron chi connectivity index (χ1n) is 13.4. The van der Waals surface area contributed by atoms with Crippen molar-refractivity contribution in [1.29, 1.82) is 0 Å². The Morgan fingerprint density at radius 1 is 0.706 bits per heavy atom. The summed E-state index contributed by atoms with van der Waals surface area (Å²) in [5.74, 6) is 0.888. The summed E-state index contributed by atoms with van der Waals surface area (Å²) in [5.41, 5.74) is 0.723. The second-order valence-electron chi connectivity index (χ2n) is 10.8. The first-order valence-corrected chi connectivity index (χ1v) is 13.8. The molecule has 0 bridgehead atoms.